The minimum absolute atomic E-state index is 0.0187. The number of piperidine rings is 1. The van der Waals surface area contributed by atoms with Crippen LogP contribution in [-0.2, 0) is 10.0 Å². The van der Waals surface area contributed by atoms with E-state index in [9.17, 15) is 8.42 Å². The van der Waals surface area contributed by atoms with Crippen molar-refractivity contribution in [1.82, 2.24) is 14.6 Å². The third-order valence-corrected chi connectivity index (χ3v) is 4.95. The lowest BCUT2D eigenvalue weighted by molar-refractivity contribution is 0.248. The Kier molecular flexibility index (Phi) is 4.37. The first-order valence-corrected chi connectivity index (χ1v) is 8.06. The molecule has 0 aromatic carbocycles. The fraction of sp³-hybridized carbons (Fsp3) is 0.545. The van der Waals surface area contributed by atoms with E-state index in [2.05, 4.69) is 30.5 Å². The third-order valence-electron chi connectivity index (χ3n) is 3.03. The maximum atomic E-state index is 12.1. The Balaban J connectivity index is 2.08. The molecule has 0 atom stereocenters. The number of sulfonamides is 1. The molecule has 0 aliphatic carbocycles. The van der Waals surface area contributed by atoms with Gasteiger partial charge < -0.3 is 4.90 Å². The number of rotatable bonds is 3. The summed E-state index contributed by atoms with van der Waals surface area (Å²) < 4.78 is 27.7. The van der Waals surface area contributed by atoms with Crippen molar-refractivity contribution in [2.24, 2.45) is 0 Å². The van der Waals surface area contributed by atoms with Crippen molar-refractivity contribution in [3.8, 4) is 0 Å². The maximum absolute atomic E-state index is 12.1. The van der Waals surface area contributed by atoms with Gasteiger partial charge in [-0.3, -0.25) is 4.98 Å². The van der Waals surface area contributed by atoms with Crippen molar-refractivity contribution < 1.29 is 8.42 Å². The molecule has 100 valence electrons. The predicted molar refractivity (Wildman–Crippen MR) is 72.8 cm³/mol. The van der Waals surface area contributed by atoms with E-state index in [0.29, 0.717) is 4.47 Å². The zero-order valence-electron chi connectivity index (χ0n) is 10.1. The summed E-state index contributed by atoms with van der Waals surface area (Å²) in [5.74, 6) is 0. The van der Waals surface area contributed by atoms with Crippen molar-refractivity contribution in [2.45, 2.75) is 23.8 Å². The van der Waals surface area contributed by atoms with Crippen molar-refractivity contribution in [3.63, 3.8) is 0 Å². The second kappa shape index (κ2) is 5.64. The topological polar surface area (TPSA) is 62.3 Å². The van der Waals surface area contributed by atoms with Crippen LogP contribution in [0.2, 0.25) is 0 Å². The van der Waals surface area contributed by atoms with Crippen molar-refractivity contribution in [3.05, 3.63) is 22.9 Å². The summed E-state index contributed by atoms with van der Waals surface area (Å²) in [5.41, 5.74) is 0. The fourth-order valence-corrected chi connectivity index (χ4v) is 3.76. The summed E-state index contributed by atoms with van der Waals surface area (Å²) in [6.45, 7) is 1.84. The molecular weight excluding hydrogens is 318 g/mol. The number of hydrogen-bond acceptors (Lipinski definition) is 4. The van der Waals surface area contributed by atoms with E-state index in [-0.39, 0.29) is 10.9 Å². The van der Waals surface area contributed by atoms with Gasteiger partial charge >= 0.3 is 0 Å². The molecule has 0 radical (unpaired) electrons. The van der Waals surface area contributed by atoms with E-state index < -0.39 is 10.0 Å². The summed E-state index contributed by atoms with van der Waals surface area (Å²) in [6.07, 6.45) is 4.62. The molecule has 1 aromatic rings. The van der Waals surface area contributed by atoms with E-state index in [1.807, 2.05) is 7.05 Å². The van der Waals surface area contributed by atoms with Crippen LogP contribution >= 0.6 is 15.9 Å². The van der Waals surface area contributed by atoms with Gasteiger partial charge in [-0.05, 0) is 55.0 Å². The summed E-state index contributed by atoms with van der Waals surface area (Å²) in [4.78, 5) is 6.29. The highest BCUT2D eigenvalue weighted by atomic mass is 79.9. The number of nitrogens with one attached hydrogen (secondary N) is 1. The molecule has 1 N–H and O–H groups in total. The van der Waals surface area contributed by atoms with Gasteiger partial charge in [0, 0.05) is 22.9 Å². The molecule has 0 bridgehead atoms. The highest BCUT2D eigenvalue weighted by Gasteiger charge is 2.23. The van der Waals surface area contributed by atoms with E-state index in [0.717, 1.165) is 25.9 Å². The highest BCUT2D eigenvalue weighted by molar-refractivity contribution is 9.10. The van der Waals surface area contributed by atoms with Crippen LogP contribution in [0.3, 0.4) is 0 Å². The Bertz CT molecular complexity index is 513. The average Bonchev–Trinajstić information content (AvgIpc) is 2.32. The number of halogens is 1. The molecule has 1 aromatic heterocycles. The molecule has 1 saturated heterocycles. The molecule has 0 saturated carbocycles. The Morgan fingerprint density at radius 2 is 2.06 bits per heavy atom. The number of pyridine rings is 1. The van der Waals surface area contributed by atoms with Gasteiger partial charge in [-0.15, -0.1) is 0 Å². The maximum Gasteiger partial charge on any atom is 0.242 e. The lowest BCUT2D eigenvalue weighted by atomic mass is 10.1. The van der Waals surface area contributed by atoms with Crippen LogP contribution < -0.4 is 4.72 Å². The van der Waals surface area contributed by atoms with Crippen LogP contribution in [0.5, 0.6) is 0 Å². The first kappa shape index (κ1) is 13.9. The van der Waals surface area contributed by atoms with Gasteiger partial charge in [0.1, 0.15) is 4.90 Å². The van der Waals surface area contributed by atoms with Crippen LogP contribution in [-0.4, -0.2) is 44.5 Å². The number of aromatic nitrogens is 1. The molecule has 0 unspecified atom stereocenters. The first-order chi connectivity index (χ1) is 8.47. The molecule has 18 heavy (non-hydrogen) atoms. The van der Waals surface area contributed by atoms with E-state index in [4.69, 9.17) is 0 Å². The first-order valence-electron chi connectivity index (χ1n) is 5.79. The third kappa shape index (κ3) is 3.50. The second-order valence-corrected chi connectivity index (χ2v) is 7.17. The van der Waals surface area contributed by atoms with Crippen LogP contribution in [0, 0.1) is 0 Å². The molecule has 2 rings (SSSR count). The summed E-state index contributed by atoms with van der Waals surface area (Å²) in [5, 5.41) is 0. The van der Waals surface area contributed by atoms with Crippen molar-refractivity contribution in [2.75, 3.05) is 20.1 Å². The van der Waals surface area contributed by atoms with E-state index in [1.165, 1.54) is 6.20 Å². The molecule has 5 nitrogen and oxygen atoms in total. The zero-order chi connectivity index (χ0) is 13.2. The molecule has 1 fully saturated rings. The summed E-state index contributed by atoms with van der Waals surface area (Å²) in [7, 11) is -1.42. The normalized spacial score (nSPS) is 19.0. The monoisotopic (exact) mass is 333 g/mol. The van der Waals surface area contributed by atoms with Crippen molar-refractivity contribution in [1.29, 1.82) is 0 Å². The summed E-state index contributed by atoms with van der Waals surface area (Å²) >= 11 is 3.23. The smallest absolute Gasteiger partial charge is 0.242 e. The fourth-order valence-electron chi connectivity index (χ4n) is 1.95. The van der Waals surface area contributed by atoms with Gasteiger partial charge in [0.2, 0.25) is 10.0 Å². The molecule has 2 heterocycles. The highest BCUT2D eigenvalue weighted by Crippen LogP contribution is 2.16. The van der Waals surface area contributed by atoms with Gasteiger partial charge in [0.05, 0.1) is 0 Å². The Morgan fingerprint density at radius 3 is 2.67 bits per heavy atom. The van der Waals surface area contributed by atoms with Gasteiger partial charge in [-0.1, -0.05) is 0 Å². The van der Waals surface area contributed by atoms with Gasteiger partial charge in [-0.2, -0.15) is 0 Å². The van der Waals surface area contributed by atoms with Gasteiger partial charge in [0.15, 0.2) is 0 Å². The minimum atomic E-state index is -3.46. The standard InChI is InChI=1S/C11H16BrN3O2S/c1-15-4-2-10(3-5-15)14-18(16,17)11-6-9(12)7-13-8-11/h6-8,10,14H,2-5H2,1H3. The Morgan fingerprint density at radius 1 is 1.39 bits per heavy atom. The molecule has 1 aliphatic rings. The van der Waals surface area contributed by atoms with Crippen molar-refractivity contribution >= 4 is 26.0 Å². The number of nitrogens with zero attached hydrogens (tertiary/aromatic N) is 2. The van der Waals surface area contributed by atoms with E-state index >= 15 is 0 Å². The molecule has 1 aliphatic heterocycles. The second-order valence-electron chi connectivity index (χ2n) is 4.54. The molecule has 0 spiro atoms. The van der Waals surface area contributed by atoms with Crippen LogP contribution in [0.1, 0.15) is 12.8 Å². The molecule has 0 amide bonds. The summed E-state index contributed by atoms with van der Waals surface area (Å²) in [6, 6.07) is 1.58. The molecule has 7 heteroatoms. The Labute approximate surface area is 116 Å². The van der Waals surface area contributed by atoms with Gasteiger partial charge in [-0.25, -0.2) is 13.1 Å². The number of likely N-dealkylation sites (tertiary alicyclic amines) is 1. The molecular formula is C11H16BrN3O2S. The number of hydrogen-bond donors (Lipinski definition) is 1. The zero-order valence-corrected chi connectivity index (χ0v) is 12.5. The lowest BCUT2D eigenvalue weighted by Crippen LogP contribution is -2.43. The van der Waals surface area contributed by atoms with Crippen LogP contribution in [0.15, 0.2) is 27.8 Å². The average molecular weight is 334 g/mol. The predicted octanol–water partition coefficient (Wildman–Crippen LogP) is 1.22. The van der Waals surface area contributed by atoms with Crippen LogP contribution in [0.4, 0.5) is 0 Å². The lowest BCUT2D eigenvalue weighted by Gasteiger charge is -2.29. The van der Waals surface area contributed by atoms with E-state index in [1.54, 1.807) is 12.3 Å². The Hall–Kier alpha value is -0.500. The minimum Gasteiger partial charge on any atom is -0.306 e. The van der Waals surface area contributed by atoms with Gasteiger partial charge in [0.25, 0.3) is 0 Å². The van der Waals surface area contributed by atoms with Crippen LogP contribution in [0.25, 0.3) is 0 Å². The quantitative estimate of drug-likeness (QED) is 0.903. The largest absolute Gasteiger partial charge is 0.306 e. The SMILES string of the molecule is CN1CCC(NS(=O)(=O)c2cncc(Br)c2)CC1.